The number of ether oxygens (including phenoxy) is 2. The van der Waals surface area contributed by atoms with Crippen molar-refractivity contribution in [2.24, 2.45) is 0 Å². The molecule has 4 aromatic rings. The summed E-state index contributed by atoms with van der Waals surface area (Å²) in [4.78, 5) is 17.4. The van der Waals surface area contributed by atoms with E-state index >= 15 is 0 Å². The number of oxazole rings is 1. The quantitative estimate of drug-likeness (QED) is 0.328. The van der Waals surface area contributed by atoms with Crippen LogP contribution in [-0.4, -0.2) is 31.7 Å². The van der Waals surface area contributed by atoms with Gasteiger partial charge in [-0.25, -0.2) is 4.98 Å². The summed E-state index contributed by atoms with van der Waals surface area (Å²) >= 11 is 3.47. The lowest BCUT2D eigenvalue weighted by Crippen LogP contribution is -2.26. The molecular formula is C26H23BrN2O4. The summed E-state index contributed by atoms with van der Waals surface area (Å²) in [5.74, 6) is 2.18. The maximum Gasteiger partial charge on any atom is 0.252 e. The van der Waals surface area contributed by atoms with E-state index in [9.17, 15) is 4.79 Å². The van der Waals surface area contributed by atoms with Crippen LogP contribution in [0, 0.1) is 0 Å². The molecule has 0 radical (unpaired) electrons. The number of aromatic nitrogens is 1. The van der Waals surface area contributed by atoms with Gasteiger partial charge in [0, 0.05) is 22.1 Å². The second-order valence-corrected chi connectivity index (χ2v) is 8.20. The third-order valence-corrected chi connectivity index (χ3v) is 5.66. The van der Waals surface area contributed by atoms with Crippen molar-refractivity contribution in [2.75, 3.05) is 20.8 Å². The highest BCUT2D eigenvalue weighted by Crippen LogP contribution is 2.30. The molecule has 0 saturated carbocycles. The number of nitrogens with zero attached hydrogens (tertiary/aromatic N) is 1. The normalized spacial score (nSPS) is 10.6. The van der Waals surface area contributed by atoms with Crippen LogP contribution in [0.3, 0.4) is 0 Å². The van der Waals surface area contributed by atoms with Gasteiger partial charge in [-0.2, -0.15) is 0 Å². The molecule has 1 aromatic heterocycles. The standard InChI is InChI=1S/C26H23BrN2O4/c1-31-22-11-10-17(14-23(22)32-2)12-13-28-25(30)20-8-3-4-9-21(20)26-29-16-24(33-26)18-6-5-7-19(27)15-18/h3-11,14-16H,12-13H2,1-2H3,(H,28,30). The van der Waals surface area contributed by atoms with Gasteiger partial charge in [0.2, 0.25) is 5.89 Å². The lowest BCUT2D eigenvalue weighted by atomic mass is 10.1. The topological polar surface area (TPSA) is 73.6 Å². The predicted molar refractivity (Wildman–Crippen MR) is 131 cm³/mol. The Hall–Kier alpha value is -3.58. The first-order chi connectivity index (χ1) is 16.1. The predicted octanol–water partition coefficient (Wildman–Crippen LogP) is 5.76. The van der Waals surface area contributed by atoms with E-state index in [0.29, 0.717) is 47.2 Å². The lowest BCUT2D eigenvalue weighted by molar-refractivity contribution is 0.0954. The summed E-state index contributed by atoms with van der Waals surface area (Å²) in [7, 11) is 3.20. The van der Waals surface area contributed by atoms with Crippen molar-refractivity contribution >= 4 is 21.8 Å². The number of rotatable bonds is 8. The van der Waals surface area contributed by atoms with E-state index < -0.39 is 0 Å². The Morgan fingerprint density at radius 1 is 1.00 bits per heavy atom. The fourth-order valence-corrected chi connectivity index (χ4v) is 3.89. The SMILES string of the molecule is COc1ccc(CCNC(=O)c2ccccc2-c2ncc(-c3cccc(Br)c3)o2)cc1OC. The molecule has 168 valence electrons. The average Bonchev–Trinajstić information content (AvgIpc) is 3.34. The molecule has 0 spiro atoms. The third-order valence-electron chi connectivity index (χ3n) is 5.16. The summed E-state index contributed by atoms with van der Waals surface area (Å²) in [5, 5.41) is 2.98. The van der Waals surface area contributed by atoms with Crippen LogP contribution in [0.4, 0.5) is 0 Å². The summed E-state index contributed by atoms with van der Waals surface area (Å²) in [6.07, 6.45) is 2.32. The molecule has 0 aliphatic rings. The van der Waals surface area contributed by atoms with E-state index in [0.717, 1.165) is 15.6 Å². The van der Waals surface area contributed by atoms with Gasteiger partial charge in [0.25, 0.3) is 5.91 Å². The molecule has 0 saturated heterocycles. The molecule has 0 aliphatic heterocycles. The molecule has 0 atom stereocenters. The van der Waals surface area contributed by atoms with Crippen molar-refractivity contribution in [2.45, 2.75) is 6.42 Å². The fourth-order valence-electron chi connectivity index (χ4n) is 3.49. The molecule has 0 unspecified atom stereocenters. The summed E-state index contributed by atoms with van der Waals surface area (Å²) in [6.45, 7) is 0.470. The summed E-state index contributed by atoms with van der Waals surface area (Å²) < 4.78 is 17.6. The minimum Gasteiger partial charge on any atom is -0.493 e. The first-order valence-corrected chi connectivity index (χ1v) is 11.2. The van der Waals surface area contributed by atoms with Gasteiger partial charge in [-0.15, -0.1) is 0 Å². The average molecular weight is 507 g/mol. The van der Waals surface area contributed by atoms with Gasteiger partial charge in [0.05, 0.1) is 26.0 Å². The number of hydrogen-bond acceptors (Lipinski definition) is 5. The van der Waals surface area contributed by atoms with Crippen LogP contribution >= 0.6 is 15.9 Å². The number of carbonyl (C=O) groups is 1. The Morgan fingerprint density at radius 2 is 1.82 bits per heavy atom. The van der Waals surface area contributed by atoms with E-state index in [-0.39, 0.29) is 5.91 Å². The highest BCUT2D eigenvalue weighted by molar-refractivity contribution is 9.10. The van der Waals surface area contributed by atoms with Gasteiger partial charge in [-0.1, -0.05) is 46.3 Å². The molecule has 6 nitrogen and oxygen atoms in total. The fraction of sp³-hybridized carbons (Fsp3) is 0.154. The molecular weight excluding hydrogens is 484 g/mol. The Balaban J connectivity index is 1.47. The van der Waals surface area contributed by atoms with E-state index in [1.807, 2.05) is 60.7 Å². The summed E-state index contributed by atoms with van der Waals surface area (Å²) in [6, 6.07) is 20.8. The van der Waals surface area contributed by atoms with E-state index in [1.54, 1.807) is 26.5 Å². The molecule has 3 aromatic carbocycles. The van der Waals surface area contributed by atoms with Gasteiger partial charge < -0.3 is 19.2 Å². The van der Waals surface area contributed by atoms with Crippen LogP contribution in [-0.2, 0) is 6.42 Å². The zero-order valence-corrected chi connectivity index (χ0v) is 19.9. The number of nitrogens with one attached hydrogen (secondary N) is 1. The molecule has 33 heavy (non-hydrogen) atoms. The smallest absolute Gasteiger partial charge is 0.252 e. The van der Waals surface area contributed by atoms with Crippen molar-refractivity contribution in [1.29, 1.82) is 0 Å². The van der Waals surface area contributed by atoms with Gasteiger partial charge in [-0.05, 0) is 48.4 Å². The third kappa shape index (κ3) is 5.26. The van der Waals surface area contributed by atoms with Crippen LogP contribution in [0.25, 0.3) is 22.8 Å². The van der Waals surface area contributed by atoms with Gasteiger partial charge in [0.15, 0.2) is 17.3 Å². The first-order valence-electron chi connectivity index (χ1n) is 10.4. The van der Waals surface area contributed by atoms with Crippen LogP contribution in [0.2, 0.25) is 0 Å². The maximum absolute atomic E-state index is 12.9. The minimum atomic E-state index is -0.187. The second kappa shape index (κ2) is 10.4. The highest BCUT2D eigenvalue weighted by Gasteiger charge is 2.17. The largest absolute Gasteiger partial charge is 0.493 e. The van der Waals surface area contributed by atoms with Crippen LogP contribution < -0.4 is 14.8 Å². The van der Waals surface area contributed by atoms with Gasteiger partial charge >= 0.3 is 0 Å². The molecule has 0 aliphatic carbocycles. The molecule has 1 amide bonds. The van der Waals surface area contributed by atoms with Crippen LogP contribution in [0.1, 0.15) is 15.9 Å². The van der Waals surface area contributed by atoms with Crippen molar-refractivity contribution in [3.8, 4) is 34.3 Å². The Morgan fingerprint density at radius 3 is 2.61 bits per heavy atom. The lowest BCUT2D eigenvalue weighted by Gasteiger charge is -2.11. The number of methoxy groups -OCH3 is 2. The first kappa shape index (κ1) is 22.6. The number of amides is 1. The Labute approximate surface area is 200 Å². The van der Waals surface area contributed by atoms with Crippen molar-refractivity contribution in [1.82, 2.24) is 10.3 Å². The molecule has 0 fully saturated rings. The number of hydrogen-bond donors (Lipinski definition) is 1. The van der Waals surface area contributed by atoms with Gasteiger partial charge in [-0.3, -0.25) is 4.79 Å². The number of carbonyl (C=O) groups excluding carboxylic acids is 1. The Kier molecular flexibility index (Phi) is 7.10. The van der Waals surface area contributed by atoms with Crippen molar-refractivity contribution in [3.05, 3.63) is 88.5 Å². The molecule has 1 heterocycles. The van der Waals surface area contributed by atoms with Crippen molar-refractivity contribution < 1.29 is 18.7 Å². The van der Waals surface area contributed by atoms with Gasteiger partial charge in [0.1, 0.15) is 0 Å². The summed E-state index contributed by atoms with van der Waals surface area (Å²) in [5.41, 5.74) is 3.09. The van der Waals surface area contributed by atoms with Crippen molar-refractivity contribution in [3.63, 3.8) is 0 Å². The number of benzene rings is 3. The van der Waals surface area contributed by atoms with Crippen LogP contribution in [0.5, 0.6) is 11.5 Å². The molecule has 1 N–H and O–H groups in total. The Bertz CT molecular complexity index is 1270. The number of halogens is 1. The zero-order chi connectivity index (χ0) is 23.2. The van der Waals surface area contributed by atoms with E-state index in [1.165, 1.54) is 0 Å². The molecule has 7 heteroatoms. The zero-order valence-electron chi connectivity index (χ0n) is 18.3. The van der Waals surface area contributed by atoms with E-state index in [4.69, 9.17) is 13.9 Å². The highest BCUT2D eigenvalue weighted by atomic mass is 79.9. The maximum atomic E-state index is 12.9. The van der Waals surface area contributed by atoms with E-state index in [2.05, 4.69) is 26.2 Å². The van der Waals surface area contributed by atoms with Crippen LogP contribution in [0.15, 0.2) is 81.8 Å². The molecule has 4 rings (SSSR count). The monoisotopic (exact) mass is 506 g/mol. The minimum absolute atomic E-state index is 0.187. The second-order valence-electron chi connectivity index (χ2n) is 7.28. The molecule has 0 bridgehead atoms.